The Morgan fingerprint density at radius 1 is 1.37 bits per heavy atom. The number of halogens is 3. The summed E-state index contributed by atoms with van der Waals surface area (Å²) in [7, 11) is 0. The molecule has 3 nitrogen and oxygen atoms in total. The molecule has 0 atom stereocenters. The third-order valence-electron chi connectivity index (χ3n) is 2.76. The number of benzene rings is 1. The van der Waals surface area contributed by atoms with Gasteiger partial charge in [-0.25, -0.2) is 13.8 Å². The van der Waals surface area contributed by atoms with Crippen LogP contribution in [-0.2, 0) is 6.54 Å². The van der Waals surface area contributed by atoms with Gasteiger partial charge in [-0.05, 0) is 34.5 Å². The first-order chi connectivity index (χ1) is 8.99. The number of nitrogens with one attached hydrogen (secondary N) is 1. The van der Waals surface area contributed by atoms with Crippen LogP contribution in [0.2, 0.25) is 0 Å². The van der Waals surface area contributed by atoms with Crippen molar-refractivity contribution in [2.75, 3.05) is 11.1 Å². The molecule has 2 aromatic rings. The van der Waals surface area contributed by atoms with E-state index >= 15 is 0 Å². The van der Waals surface area contributed by atoms with Gasteiger partial charge < -0.3 is 11.1 Å². The van der Waals surface area contributed by atoms with Crippen molar-refractivity contribution in [2.24, 2.45) is 0 Å². The molecule has 1 aromatic carbocycles. The van der Waals surface area contributed by atoms with Crippen LogP contribution in [0, 0.1) is 18.6 Å². The van der Waals surface area contributed by atoms with Gasteiger partial charge in [0.1, 0.15) is 17.5 Å². The van der Waals surface area contributed by atoms with Gasteiger partial charge in [0.25, 0.3) is 0 Å². The number of anilines is 2. The predicted octanol–water partition coefficient (Wildman–Crippen LogP) is 3.63. The summed E-state index contributed by atoms with van der Waals surface area (Å²) in [5.41, 5.74) is 7.51. The zero-order valence-corrected chi connectivity index (χ0v) is 11.8. The Morgan fingerprint density at radius 2 is 2.11 bits per heavy atom. The molecule has 0 fully saturated rings. The highest BCUT2D eigenvalue weighted by Crippen LogP contribution is 2.28. The van der Waals surface area contributed by atoms with Gasteiger partial charge in [0.15, 0.2) is 0 Å². The summed E-state index contributed by atoms with van der Waals surface area (Å²) in [5, 5.41) is 2.98. The Hall–Kier alpha value is -1.69. The molecule has 0 saturated heterocycles. The van der Waals surface area contributed by atoms with E-state index in [1.807, 2.05) is 6.92 Å². The van der Waals surface area contributed by atoms with Crippen LogP contribution < -0.4 is 11.1 Å². The summed E-state index contributed by atoms with van der Waals surface area (Å²) in [4.78, 5) is 4.12. The molecule has 0 aliphatic carbocycles. The zero-order chi connectivity index (χ0) is 14.0. The number of nitrogens with two attached hydrogens (primary N) is 1. The van der Waals surface area contributed by atoms with E-state index in [1.54, 1.807) is 0 Å². The van der Waals surface area contributed by atoms with Crippen LogP contribution in [0.5, 0.6) is 0 Å². The molecule has 6 heteroatoms. The smallest absolute Gasteiger partial charge is 0.140 e. The van der Waals surface area contributed by atoms with Crippen molar-refractivity contribution >= 4 is 27.4 Å². The summed E-state index contributed by atoms with van der Waals surface area (Å²) in [6.07, 6.45) is 1.53. The monoisotopic (exact) mass is 327 g/mol. The molecular weight excluding hydrogens is 316 g/mol. The van der Waals surface area contributed by atoms with E-state index in [9.17, 15) is 8.78 Å². The van der Waals surface area contributed by atoms with Crippen molar-refractivity contribution < 1.29 is 8.78 Å². The average molecular weight is 328 g/mol. The molecule has 1 aromatic heterocycles. The second-order valence-corrected chi connectivity index (χ2v) is 4.88. The van der Waals surface area contributed by atoms with E-state index in [0.717, 1.165) is 16.1 Å². The van der Waals surface area contributed by atoms with E-state index in [1.165, 1.54) is 18.3 Å². The summed E-state index contributed by atoms with van der Waals surface area (Å²) >= 11 is 3.38. The Bertz CT molecular complexity index is 617. The normalized spacial score (nSPS) is 10.5. The molecule has 1 heterocycles. The van der Waals surface area contributed by atoms with Gasteiger partial charge in [-0.2, -0.15) is 0 Å². The number of hydrogen-bond donors (Lipinski definition) is 2. The van der Waals surface area contributed by atoms with E-state index in [2.05, 4.69) is 26.2 Å². The minimum atomic E-state index is -0.594. The molecule has 0 bridgehead atoms. The molecule has 0 radical (unpaired) electrons. The lowest BCUT2D eigenvalue weighted by Crippen LogP contribution is -2.06. The lowest BCUT2D eigenvalue weighted by atomic mass is 10.2. The fourth-order valence-corrected chi connectivity index (χ4v) is 2.03. The summed E-state index contributed by atoms with van der Waals surface area (Å²) in [6, 6.07) is 3.47. The second-order valence-electron chi connectivity index (χ2n) is 4.09. The second kappa shape index (κ2) is 5.52. The highest BCUT2D eigenvalue weighted by atomic mass is 79.9. The highest BCUT2D eigenvalue weighted by molar-refractivity contribution is 9.10. The molecule has 3 N–H and O–H groups in total. The maximum absolute atomic E-state index is 13.5. The molecular formula is C13H12BrF2N3. The van der Waals surface area contributed by atoms with Crippen molar-refractivity contribution in [3.63, 3.8) is 0 Å². The number of nitrogens with zero attached hydrogens (tertiary/aromatic N) is 1. The molecule has 100 valence electrons. The molecule has 19 heavy (non-hydrogen) atoms. The van der Waals surface area contributed by atoms with Crippen molar-refractivity contribution in [1.82, 2.24) is 4.98 Å². The van der Waals surface area contributed by atoms with Crippen molar-refractivity contribution in [2.45, 2.75) is 13.5 Å². The summed E-state index contributed by atoms with van der Waals surface area (Å²) < 4.78 is 27.0. The number of rotatable bonds is 3. The van der Waals surface area contributed by atoms with Crippen LogP contribution in [0.4, 0.5) is 20.3 Å². The largest absolute Gasteiger partial charge is 0.397 e. The van der Waals surface area contributed by atoms with Crippen LogP contribution in [-0.4, -0.2) is 4.98 Å². The summed E-state index contributed by atoms with van der Waals surface area (Å²) in [6.45, 7) is 2.06. The van der Waals surface area contributed by atoms with Crippen LogP contribution >= 0.6 is 15.9 Å². The minimum Gasteiger partial charge on any atom is -0.397 e. The van der Waals surface area contributed by atoms with Gasteiger partial charge >= 0.3 is 0 Å². The third kappa shape index (κ3) is 3.01. The van der Waals surface area contributed by atoms with Crippen molar-refractivity contribution in [1.29, 1.82) is 0 Å². The molecule has 0 aliphatic rings. The Balaban J connectivity index is 2.17. The lowest BCUT2D eigenvalue weighted by Gasteiger charge is -2.11. The van der Waals surface area contributed by atoms with E-state index < -0.39 is 11.6 Å². The molecule has 0 unspecified atom stereocenters. The minimum absolute atomic E-state index is 0.209. The Labute approximate surface area is 118 Å². The number of hydrogen-bond acceptors (Lipinski definition) is 3. The van der Waals surface area contributed by atoms with Gasteiger partial charge in [0.2, 0.25) is 0 Å². The molecule has 0 amide bonds. The summed E-state index contributed by atoms with van der Waals surface area (Å²) in [5.74, 6) is -0.616. The Kier molecular flexibility index (Phi) is 3.99. The number of pyridine rings is 1. The average Bonchev–Trinajstić information content (AvgIpc) is 2.37. The fourth-order valence-electron chi connectivity index (χ4n) is 1.56. The van der Waals surface area contributed by atoms with E-state index in [4.69, 9.17) is 5.73 Å². The van der Waals surface area contributed by atoms with Crippen molar-refractivity contribution in [3.05, 3.63) is 51.6 Å². The van der Waals surface area contributed by atoms with Crippen molar-refractivity contribution in [3.8, 4) is 0 Å². The quantitative estimate of drug-likeness (QED) is 0.905. The van der Waals surface area contributed by atoms with Crippen LogP contribution in [0.15, 0.2) is 28.9 Å². The first-order valence-electron chi connectivity index (χ1n) is 5.57. The standard InChI is InChI=1S/C13H12BrF2N3/c1-7-11(17)6-19-13(12(7)14)18-5-8-2-3-9(15)4-10(8)16/h2-4,6H,5,17H2,1H3,(H,18,19). The van der Waals surface area contributed by atoms with E-state index in [-0.39, 0.29) is 6.54 Å². The number of aromatic nitrogens is 1. The van der Waals surface area contributed by atoms with Gasteiger partial charge in [-0.15, -0.1) is 0 Å². The zero-order valence-electron chi connectivity index (χ0n) is 10.2. The van der Waals surface area contributed by atoms with Crippen LogP contribution in [0.25, 0.3) is 0 Å². The van der Waals surface area contributed by atoms with Crippen LogP contribution in [0.1, 0.15) is 11.1 Å². The molecule has 0 aliphatic heterocycles. The first-order valence-corrected chi connectivity index (χ1v) is 6.36. The third-order valence-corrected chi connectivity index (χ3v) is 3.73. The topological polar surface area (TPSA) is 50.9 Å². The Morgan fingerprint density at radius 3 is 2.79 bits per heavy atom. The number of nitrogen functional groups attached to an aromatic ring is 1. The van der Waals surface area contributed by atoms with Gasteiger partial charge in [0.05, 0.1) is 16.4 Å². The van der Waals surface area contributed by atoms with E-state index in [0.29, 0.717) is 17.1 Å². The molecule has 0 saturated carbocycles. The van der Waals surface area contributed by atoms with Gasteiger partial charge in [-0.3, -0.25) is 0 Å². The molecule has 2 rings (SSSR count). The lowest BCUT2D eigenvalue weighted by molar-refractivity contribution is 0.574. The molecule has 0 spiro atoms. The fraction of sp³-hybridized carbons (Fsp3) is 0.154. The van der Waals surface area contributed by atoms with Gasteiger partial charge in [0, 0.05) is 18.2 Å². The first kappa shape index (κ1) is 13.7. The maximum atomic E-state index is 13.5. The SMILES string of the molecule is Cc1c(N)cnc(NCc2ccc(F)cc2F)c1Br. The highest BCUT2D eigenvalue weighted by Gasteiger charge is 2.09. The van der Waals surface area contributed by atoms with Gasteiger partial charge in [-0.1, -0.05) is 6.07 Å². The predicted molar refractivity (Wildman–Crippen MR) is 74.8 cm³/mol. The maximum Gasteiger partial charge on any atom is 0.140 e. The van der Waals surface area contributed by atoms with Crippen LogP contribution in [0.3, 0.4) is 0 Å².